The molecule has 0 aliphatic heterocycles. The van der Waals surface area contributed by atoms with E-state index in [1.165, 1.54) is 0 Å². The minimum atomic E-state index is -3.54. The van der Waals surface area contributed by atoms with Crippen LogP contribution < -0.4 is 4.72 Å². The van der Waals surface area contributed by atoms with Crippen LogP contribution >= 0.6 is 0 Å². The molecule has 0 spiro atoms. The molecule has 0 bridgehead atoms. The highest BCUT2D eigenvalue weighted by atomic mass is 32.2. The number of pyridine rings is 1. The van der Waals surface area contributed by atoms with Gasteiger partial charge in [-0.1, -0.05) is 11.2 Å². The molecule has 106 valence electrons. The van der Waals surface area contributed by atoms with Crippen molar-refractivity contribution in [2.24, 2.45) is 0 Å². The fourth-order valence-corrected chi connectivity index (χ4v) is 1.95. The number of aromatic nitrogens is 3. The van der Waals surface area contributed by atoms with Crippen molar-refractivity contribution in [2.75, 3.05) is 6.26 Å². The van der Waals surface area contributed by atoms with Gasteiger partial charge in [0.25, 0.3) is 0 Å². The van der Waals surface area contributed by atoms with E-state index in [4.69, 9.17) is 4.52 Å². The Morgan fingerprint density at radius 3 is 2.85 bits per heavy atom. The van der Waals surface area contributed by atoms with Gasteiger partial charge in [-0.2, -0.15) is 4.98 Å². The molecular formula is C11H12N4O4S. The number of nitrogens with zero attached hydrogens (tertiary/aromatic N) is 3. The van der Waals surface area contributed by atoms with Crippen molar-refractivity contribution in [3.63, 3.8) is 0 Å². The Balaban J connectivity index is 1.96. The van der Waals surface area contributed by atoms with Crippen molar-refractivity contribution in [1.29, 1.82) is 0 Å². The topological polar surface area (TPSA) is 115 Å². The maximum absolute atomic E-state index is 11.3. The van der Waals surface area contributed by atoms with Crippen molar-refractivity contribution in [3.8, 4) is 11.5 Å². The second-order valence-electron chi connectivity index (χ2n) is 4.02. The van der Waals surface area contributed by atoms with Crippen LogP contribution in [0.5, 0.6) is 0 Å². The molecule has 20 heavy (non-hydrogen) atoms. The molecule has 0 unspecified atom stereocenters. The highest BCUT2D eigenvalue weighted by Crippen LogP contribution is 2.12. The third-order valence-corrected chi connectivity index (χ3v) is 2.83. The highest BCUT2D eigenvalue weighted by Gasteiger charge is 2.13. The lowest BCUT2D eigenvalue weighted by Crippen LogP contribution is -2.29. The molecular weight excluding hydrogens is 284 g/mol. The van der Waals surface area contributed by atoms with Crippen LogP contribution in [0.2, 0.25) is 0 Å². The quantitative estimate of drug-likeness (QED) is 0.834. The number of hydrogen-bond donors (Lipinski definition) is 1. The first-order valence-electron chi connectivity index (χ1n) is 5.68. The Morgan fingerprint density at radius 1 is 1.40 bits per heavy atom. The molecule has 0 aliphatic rings. The number of carbonyl (C=O) groups is 1. The van der Waals surface area contributed by atoms with Gasteiger partial charge in [-0.05, 0) is 12.1 Å². The molecule has 8 nitrogen and oxygen atoms in total. The average molecular weight is 296 g/mol. The monoisotopic (exact) mass is 296 g/mol. The number of aryl methyl sites for hydroxylation is 1. The van der Waals surface area contributed by atoms with Crippen LogP contribution in [0.25, 0.3) is 11.5 Å². The number of nitrogens with one attached hydrogen (secondary N) is 1. The van der Waals surface area contributed by atoms with Crippen LogP contribution in [-0.4, -0.2) is 35.7 Å². The molecule has 0 atom stereocenters. The Labute approximate surface area is 115 Å². The third kappa shape index (κ3) is 4.12. The van der Waals surface area contributed by atoms with E-state index in [-0.39, 0.29) is 18.7 Å². The van der Waals surface area contributed by atoms with Crippen LogP contribution in [-0.2, 0) is 21.2 Å². The summed E-state index contributed by atoms with van der Waals surface area (Å²) < 4.78 is 28.5. The summed E-state index contributed by atoms with van der Waals surface area (Å²) in [5.74, 6) is -0.0523. The molecule has 0 saturated heterocycles. The lowest BCUT2D eigenvalue weighted by Gasteiger charge is -1.99. The van der Waals surface area contributed by atoms with Crippen molar-refractivity contribution >= 4 is 15.9 Å². The van der Waals surface area contributed by atoms with E-state index >= 15 is 0 Å². The van der Waals surface area contributed by atoms with E-state index in [0.717, 1.165) is 6.26 Å². The molecule has 0 saturated carbocycles. The van der Waals surface area contributed by atoms with Gasteiger partial charge in [0.2, 0.25) is 27.6 Å². The normalized spacial score (nSPS) is 11.2. The SMILES string of the molecule is CS(=O)(=O)NC(=O)CCc1nc(-c2ccccn2)no1. The van der Waals surface area contributed by atoms with Crippen LogP contribution in [0, 0.1) is 0 Å². The van der Waals surface area contributed by atoms with Gasteiger partial charge in [-0.3, -0.25) is 14.5 Å². The third-order valence-electron chi connectivity index (χ3n) is 2.23. The standard InChI is InChI=1S/C11H12N4O4S/c1-20(17,18)15-9(16)5-6-10-13-11(14-19-10)8-4-2-3-7-12-8/h2-4,7H,5-6H2,1H3,(H,15,16). The first-order valence-corrected chi connectivity index (χ1v) is 7.58. The van der Waals surface area contributed by atoms with Crippen molar-refractivity contribution in [3.05, 3.63) is 30.3 Å². The molecule has 1 amide bonds. The maximum atomic E-state index is 11.3. The fourth-order valence-electron chi connectivity index (χ4n) is 1.43. The summed E-state index contributed by atoms with van der Waals surface area (Å²) in [6.45, 7) is 0. The van der Waals surface area contributed by atoms with E-state index in [0.29, 0.717) is 11.5 Å². The number of sulfonamides is 1. The number of carbonyl (C=O) groups excluding carboxylic acids is 1. The lowest BCUT2D eigenvalue weighted by molar-refractivity contribution is -0.119. The minimum absolute atomic E-state index is 0.0586. The van der Waals surface area contributed by atoms with E-state index in [2.05, 4.69) is 15.1 Å². The molecule has 9 heteroatoms. The molecule has 2 rings (SSSR count). The van der Waals surface area contributed by atoms with E-state index in [1.807, 2.05) is 4.72 Å². The number of amides is 1. The first kappa shape index (κ1) is 14.1. The second kappa shape index (κ2) is 5.78. The molecule has 0 aromatic carbocycles. The maximum Gasteiger partial charge on any atom is 0.233 e. The second-order valence-corrected chi connectivity index (χ2v) is 5.77. The molecule has 2 aromatic rings. The molecule has 0 aliphatic carbocycles. The van der Waals surface area contributed by atoms with Crippen LogP contribution in [0.4, 0.5) is 0 Å². The summed E-state index contributed by atoms with van der Waals surface area (Å²) in [5.41, 5.74) is 0.558. The van der Waals surface area contributed by atoms with Crippen LogP contribution in [0.15, 0.2) is 28.9 Å². The van der Waals surface area contributed by atoms with Gasteiger partial charge in [0, 0.05) is 19.0 Å². The van der Waals surface area contributed by atoms with E-state index < -0.39 is 15.9 Å². The number of rotatable bonds is 5. The van der Waals surface area contributed by atoms with Gasteiger partial charge in [-0.25, -0.2) is 8.42 Å². The first-order chi connectivity index (χ1) is 9.44. The Bertz CT molecular complexity index is 696. The Hall–Kier alpha value is -2.29. The summed E-state index contributed by atoms with van der Waals surface area (Å²) in [5, 5.41) is 3.74. The smallest absolute Gasteiger partial charge is 0.233 e. The van der Waals surface area contributed by atoms with Crippen molar-refractivity contribution in [1.82, 2.24) is 19.8 Å². The van der Waals surface area contributed by atoms with Gasteiger partial charge in [0.1, 0.15) is 5.69 Å². The predicted molar refractivity (Wildman–Crippen MR) is 68.8 cm³/mol. The van der Waals surface area contributed by atoms with Crippen LogP contribution in [0.3, 0.4) is 0 Å². The van der Waals surface area contributed by atoms with Crippen molar-refractivity contribution < 1.29 is 17.7 Å². The Kier molecular flexibility index (Phi) is 4.08. The molecule has 2 heterocycles. The lowest BCUT2D eigenvalue weighted by atomic mass is 10.3. The Morgan fingerprint density at radius 2 is 2.20 bits per heavy atom. The average Bonchev–Trinajstić information content (AvgIpc) is 2.84. The van der Waals surface area contributed by atoms with E-state index in [9.17, 15) is 13.2 Å². The van der Waals surface area contributed by atoms with Gasteiger partial charge >= 0.3 is 0 Å². The molecule has 2 aromatic heterocycles. The fraction of sp³-hybridized carbons (Fsp3) is 0.273. The summed E-state index contributed by atoms with van der Waals surface area (Å²) in [7, 11) is -3.54. The van der Waals surface area contributed by atoms with Gasteiger partial charge in [0.05, 0.1) is 6.26 Å². The van der Waals surface area contributed by atoms with Gasteiger partial charge in [-0.15, -0.1) is 0 Å². The number of hydrogen-bond acceptors (Lipinski definition) is 7. The largest absolute Gasteiger partial charge is 0.339 e. The summed E-state index contributed by atoms with van der Waals surface area (Å²) >= 11 is 0. The predicted octanol–water partition coefficient (Wildman–Crippen LogP) is 0.140. The minimum Gasteiger partial charge on any atom is -0.339 e. The van der Waals surface area contributed by atoms with Crippen LogP contribution in [0.1, 0.15) is 12.3 Å². The van der Waals surface area contributed by atoms with E-state index in [1.54, 1.807) is 24.4 Å². The molecule has 0 radical (unpaired) electrons. The van der Waals surface area contributed by atoms with Crippen molar-refractivity contribution in [2.45, 2.75) is 12.8 Å². The summed E-state index contributed by atoms with van der Waals surface area (Å²) in [6.07, 6.45) is 2.61. The zero-order valence-corrected chi connectivity index (χ0v) is 11.4. The van der Waals surface area contributed by atoms with Gasteiger partial charge in [0.15, 0.2) is 0 Å². The molecule has 0 fully saturated rings. The highest BCUT2D eigenvalue weighted by molar-refractivity contribution is 7.89. The van der Waals surface area contributed by atoms with Gasteiger partial charge < -0.3 is 4.52 Å². The summed E-state index contributed by atoms with van der Waals surface area (Å²) in [6, 6.07) is 5.28. The molecule has 1 N–H and O–H groups in total. The summed E-state index contributed by atoms with van der Waals surface area (Å²) in [4.78, 5) is 19.5. The zero-order valence-electron chi connectivity index (χ0n) is 10.6. The zero-order chi connectivity index (χ0) is 14.6.